The van der Waals surface area contributed by atoms with Crippen molar-refractivity contribution in [3.8, 4) is 22.5 Å². The van der Waals surface area contributed by atoms with Gasteiger partial charge in [0.1, 0.15) is 0 Å². The van der Waals surface area contributed by atoms with E-state index in [-0.39, 0.29) is 21.1 Å². The smallest absolute Gasteiger partial charge is 0.296 e. The maximum absolute atomic E-state index is 4.19. The Bertz CT molecular complexity index is 686. The van der Waals surface area contributed by atoms with Crippen molar-refractivity contribution < 1.29 is 21.1 Å². The third-order valence-electron chi connectivity index (χ3n) is 3.37. The van der Waals surface area contributed by atoms with E-state index >= 15 is 0 Å². The van der Waals surface area contributed by atoms with Crippen LogP contribution in [0.2, 0.25) is 0 Å². The van der Waals surface area contributed by atoms with Crippen LogP contribution in [0.1, 0.15) is 0 Å². The molecular weight excluding hydrogens is 487 g/mol. The van der Waals surface area contributed by atoms with E-state index in [0.717, 1.165) is 22.5 Å². The van der Waals surface area contributed by atoms with Gasteiger partial charge in [0.2, 0.25) is 0 Å². The molecule has 0 amide bonds. The Morgan fingerprint density at radius 2 is 0.920 bits per heavy atom. The fourth-order valence-corrected chi connectivity index (χ4v) is 2.20. The van der Waals surface area contributed by atoms with Gasteiger partial charge in [0.15, 0.2) is 0 Å². The molecule has 0 spiro atoms. The summed E-state index contributed by atoms with van der Waals surface area (Å²) in [4.78, 5) is 8.39. The first-order valence-electron chi connectivity index (χ1n) is 7.68. The van der Waals surface area contributed by atoms with Gasteiger partial charge in [-0.15, -0.1) is 0 Å². The molecule has 0 unspecified atom stereocenters. The van der Waals surface area contributed by atoms with Gasteiger partial charge in [-0.1, -0.05) is 73.1 Å². The van der Waals surface area contributed by atoms with E-state index < -0.39 is 0 Å². The molecule has 25 heavy (non-hydrogen) atoms. The predicted octanol–water partition coefficient (Wildman–Crippen LogP) is 5.10. The molecular formula is C22H16N2Pt. The fraction of sp³-hybridized carbons (Fsp3) is 0. The summed E-state index contributed by atoms with van der Waals surface area (Å²) >= 11 is 0. The quantitative estimate of drug-likeness (QED) is 0.356. The summed E-state index contributed by atoms with van der Waals surface area (Å²) in [6.45, 7) is 0. The standard InChI is InChI=1S/2C11H8N.Pt/c2*1-2-6-10(7-3-1)11-8-4-5-9-12-11;/h2*1-4,6-9H;/q2*-1;+2. The van der Waals surface area contributed by atoms with Crippen molar-refractivity contribution in [2.45, 2.75) is 0 Å². The van der Waals surface area contributed by atoms with Gasteiger partial charge in [-0.25, -0.2) is 24.3 Å². The van der Waals surface area contributed by atoms with Crippen LogP contribution in [-0.2, 0) is 21.1 Å². The minimum Gasteiger partial charge on any atom is -0.296 e. The fourth-order valence-electron chi connectivity index (χ4n) is 2.20. The molecule has 0 aliphatic heterocycles. The Labute approximate surface area is 162 Å². The average Bonchev–Trinajstić information content (AvgIpc) is 2.71. The molecule has 0 aliphatic carbocycles. The monoisotopic (exact) mass is 503 g/mol. The van der Waals surface area contributed by atoms with E-state index in [9.17, 15) is 0 Å². The van der Waals surface area contributed by atoms with Gasteiger partial charge in [-0.2, -0.15) is 12.1 Å². The zero-order chi connectivity index (χ0) is 16.5. The first-order valence-corrected chi connectivity index (χ1v) is 7.68. The molecule has 2 aromatic carbocycles. The first-order chi connectivity index (χ1) is 11.9. The minimum absolute atomic E-state index is 0. The van der Waals surface area contributed by atoms with Crippen molar-refractivity contribution in [2.24, 2.45) is 0 Å². The van der Waals surface area contributed by atoms with Crippen LogP contribution in [0, 0.1) is 12.1 Å². The molecule has 4 aromatic rings. The SMILES string of the molecule is [Pt+2].[c-]1ccc(-c2ccccc2)nc1.[c-]1ccc(-c2ccccc2)nc1. The van der Waals surface area contributed by atoms with E-state index in [1.807, 2.05) is 84.9 Å². The zero-order valence-corrected chi connectivity index (χ0v) is 15.7. The Hall–Kier alpha value is -2.57. The Kier molecular flexibility index (Phi) is 7.75. The topological polar surface area (TPSA) is 25.8 Å². The molecule has 0 radical (unpaired) electrons. The minimum atomic E-state index is 0. The summed E-state index contributed by atoms with van der Waals surface area (Å²) in [7, 11) is 0. The molecule has 0 bridgehead atoms. The van der Waals surface area contributed by atoms with Crippen LogP contribution >= 0.6 is 0 Å². The van der Waals surface area contributed by atoms with Crippen molar-refractivity contribution >= 4 is 0 Å². The van der Waals surface area contributed by atoms with Crippen LogP contribution in [0.3, 0.4) is 0 Å². The Balaban J connectivity index is 0.000000173. The number of hydrogen-bond donors (Lipinski definition) is 0. The second-order valence-corrected chi connectivity index (χ2v) is 5.02. The largest absolute Gasteiger partial charge is 2.00 e. The van der Waals surface area contributed by atoms with E-state index in [2.05, 4.69) is 22.1 Å². The van der Waals surface area contributed by atoms with Crippen LogP contribution in [0.5, 0.6) is 0 Å². The average molecular weight is 503 g/mol. The number of pyridine rings is 2. The van der Waals surface area contributed by atoms with Gasteiger partial charge in [0.25, 0.3) is 0 Å². The molecule has 0 saturated heterocycles. The van der Waals surface area contributed by atoms with Crippen molar-refractivity contribution in [3.05, 3.63) is 109 Å². The van der Waals surface area contributed by atoms with Crippen LogP contribution in [0.4, 0.5) is 0 Å². The maximum Gasteiger partial charge on any atom is 2.00 e. The third kappa shape index (κ3) is 5.77. The van der Waals surface area contributed by atoms with Crippen molar-refractivity contribution in [1.29, 1.82) is 0 Å². The molecule has 2 aromatic heterocycles. The van der Waals surface area contributed by atoms with E-state index in [1.165, 1.54) is 0 Å². The normalized spacial score (nSPS) is 9.28. The molecule has 0 saturated carbocycles. The van der Waals surface area contributed by atoms with Gasteiger partial charge < -0.3 is 0 Å². The summed E-state index contributed by atoms with van der Waals surface area (Å²) in [6, 6.07) is 33.6. The number of nitrogens with zero attached hydrogens (tertiary/aromatic N) is 2. The summed E-state index contributed by atoms with van der Waals surface area (Å²) in [5.74, 6) is 0. The molecule has 4 rings (SSSR count). The number of benzene rings is 2. The van der Waals surface area contributed by atoms with Gasteiger partial charge in [0.05, 0.1) is 0 Å². The van der Waals surface area contributed by atoms with Crippen LogP contribution in [0.15, 0.2) is 97.3 Å². The predicted molar refractivity (Wildman–Crippen MR) is 97.0 cm³/mol. The number of hydrogen-bond acceptors (Lipinski definition) is 2. The summed E-state index contributed by atoms with van der Waals surface area (Å²) in [5.41, 5.74) is 4.28. The van der Waals surface area contributed by atoms with Gasteiger partial charge in [0, 0.05) is 0 Å². The third-order valence-corrected chi connectivity index (χ3v) is 3.37. The second-order valence-electron chi connectivity index (χ2n) is 5.02. The maximum atomic E-state index is 4.19. The number of rotatable bonds is 2. The van der Waals surface area contributed by atoms with Gasteiger partial charge in [-0.3, -0.25) is 9.97 Å². The van der Waals surface area contributed by atoms with Gasteiger partial charge in [-0.05, 0) is 22.5 Å². The summed E-state index contributed by atoms with van der Waals surface area (Å²) in [5, 5.41) is 0. The Morgan fingerprint density at radius 3 is 1.24 bits per heavy atom. The molecule has 0 N–H and O–H groups in total. The van der Waals surface area contributed by atoms with Crippen molar-refractivity contribution in [1.82, 2.24) is 9.97 Å². The van der Waals surface area contributed by atoms with Crippen LogP contribution in [-0.4, -0.2) is 9.97 Å². The molecule has 0 atom stereocenters. The van der Waals surface area contributed by atoms with Crippen LogP contribution in [0.25, 0.3) is 22.5 Å². The summed E-state index contributed by atoms with van der Waals surface area (Å²) in [6.07, 6.45) is 3.37. The molecule has 2 heterocycles. The van der Waals surface area contributed by atoms with Crippen molar-refractivity contribution in [2.75, 3.05) is 0 Å². The zero-order valence-electron chi connectivity index (χ0n) is 13.4. The van der Waals surface area contributed by atoms with Crippen LogP contribution < -0.4 is 0 Å². The van der Waals surface area contributed by atoms with E-state index in [0.29, 0.717) is 0 Å². The van der Waals surface area contributed by atoms with E-state index in [1.54, 1.807) is 12.4 Å². The van der Waals surface area contributed by atoms with E-state index in [4.69, 9.17) is 0 Å². The molecule has 3 heteroatoms. The molecule has 0 aliphatic rings. The Morgan fingerprint density at radius 1 is 0.520 bits per heavy atom. The molecule has 0 fully saturated rings. The van der Waals surface area contributed by atoms with Crippen molar-refractivity contribution in [3.63, 3.8) is 0 Å². The molecule has 2 nitrogen and oxygen atoms in total. The molecule has 124 valence electrons. The number of aromatic nitrogens is 2. The first kappa shape index (κ1) is 18.8. The second kappa shape index (κ2) is 10.3. The summed E-state index contributed by atoms with van der Waals surface area (Å²) < 4.78 is 0. The van der Waals surface area contributed by atoms with Gasteiger partial charge >= 0.3 is 21.1 Å².